The van der Waals surface area contributed by atoms with Crippen molar-refractivity contribution in [1.82, 2.24) is 4.90 Å². The van der Waals surface area contributed by atoms with Gasteiger partial charge in [-0.15, -0.1) is 0 Å². The van der Waals surface area contributed by atoms with Gasteiger partial charge in [0.15, 0.2) is 6.04 Å². The van der Waals surface area contributed by atoms with E-state index in [1.165, 1.54) is 0 Å². The lowest BCUT2D eigenvalue weighted by molar-refractivity contribution is -0.834. The molecule has 0 bridgehead atoms. The fraction of sp³-hybridized carbons (Fsp3) is 0.667. The minimum atomic E-state index is -0.376. The highest BCUT2D eigenvalue weighted by Crippen LogP contribution is 2.25. The zero-order valence-corrected chi connectivity index (χ0v) is 10.8. The molecule has 1 saturated heterocycles. The van der Waals surface area contributed by atoms with Crippen LogP contribution in [0.3, 0.4) is 0 Å². The summed E-state index contributed by atoms with van der Waals surface area (Å²) in [5.74, 6) is -0.410. The fourth-order valence-corrected chi connectivity index (χ4v) is 2.28. The monoisotopic (exact) mass is 240 g/mol. The molecule has 1 aliphatic rings. The zero-order chi connectivity index (χ0) is 13.1. The van der Waals surface area contributed by atoms with Crippen LogP contribution in [0.5, 0.6) is 0 Å². The van der Waals surface area contributed by atoms with Gasteiger partial charge in [0.2, 0.25) is 0 Å². The van der Waals surface area contributed by atoms with Gasteiger partial charge in [-0.1, -0.05) is 6.08 Å². The predicted octanol–water partition coefficient (Wildman–Crippen LogP) is -0.275. The number of nitrogens with two attached hydrogens (primary N) is 1. The molecule has 2 unspecified atom stereocenters. The van der Waals surface area contributed by atoms with Crippen molar-refractivity contribution in [1.29, 1.82) is 0 Å². The molecule has 2 N–H and O–H groups in total. The summed E-state index contributed by atoms with van der Waals surface area (Å²) in [4.78, 5) is 25.4. The van der Waals surface area contributed by atoms with Crippen molar-refractivity contribution in [2.45, 2.75) is 18.9 Å². The number of quaternary nitrogens is 1. The molecule has 96 valence electrons. The number of amides is 2. The number of carbonyl (C=O) groups is 2. The molecule has 2 atom stereocenters. The molecule has 17 heavy (non-hydrogen) atoms. The van der Waals surface area contributed by atoms with E-state index in [-0.39, 0.29) is 22.3 Å². The van der Waals surface area contributed by atoms with Crippen molar-refractivity contribution in [3.63, 3.8) is 0 Å². The molecule has 0 spiro atoms. The molecule has 0 radical (unpaired) electrons. The quantitative estimate of drug-likeness (QED) is 0.543. The lowest BCUT2D eigenvalue weighted by Crippen LogP contribution is -2.56. The number of likely N-dealkylation sites (tertiary alicyclic amines) is 1. The third-order valence-electron chi connectivity index (χ3n) is 3.35. The van der Waals surface area contributed by atoms with Crippen LogP contribution >= 0.6 is 0 Å². The van der Waals surface area contributed by atoms with E-state index in [4.69, 9.17) is 5.73 Å². The number of nitrogens with zero attached hydrogens (tertiary/aromatic N) is 2. The maximum Gasteiger partial charge on any atom is 0.338 e. The molecular weight excluding hydrogens is 218 g/mol. The SMILES string of the molecule is CN(C)C/C=C/C(=O)[N+]1(C)CCCC1C(N)=O. The molecule has 1 fully saturated rings. The Morgan fingerprint density at radius 3 is 2.65 bits per heavy atom. The zero-order valence-electron chi connectivity index (χ0n) is 10.8. The highest BCUT2D eigenvalue weighted by atomic mass is 16.2. The Hall–Kier alpha value is -1.20. The van der Waals surface area contributed by atoms with Crippen LogP contribution in [0.15, 0.2) is 12.2 Å². The van der Waals surface area contributed by atoms with Crippen LogP contribution in [-0.4, -0.2) is 61.5 Å². The molecule has 1 rings (SSSR count). The number of hydrogen-bond donors (Lipinski definition) is 1. The third kappa shape index (κ3) is 3.14. The number of rotatable bonds is 4. The lowest BCUT2D eigenvalue weighted by Gasteiger charge is -2.30. The van der Waals surface area contributed by atoms with Gasteiger partial charge in [0.1, 0.15) is 0 Å². The van der Waals surface area contributed by atoms with Gasteiger partial charge in [0.25, 0.3) is 5.91 Å². The third-order valence-corrected chi connectivity index (χ3v) is 3.35. The first kappa shape index (κ1) is 13.9. The summed E-state index contributed by atoms with van der Waals surface area (Å²) in [5, 5.41) is 0. The topological polar surface area (TPSA) is 63.4 Å². The van der Waals surface area contributed by atoms with E-state index in [0.717, 1.165) is 6.42 Å². The number of primary amides is 1. The second kappa shape index (κ2) is 5.42. The second-order valence-corrected chi connectivity index (χ2v) is 5.05. The van der Waals surface area contributed by atoms with Gasteiger partial charge in [-0.05, 0) is 14.1 Å². The molecule has 5 heteroatoms. The molecule has 2 amide bonds. The molecule has 0 aromatic carbocycles. The van der Waals surface area contributed by atoms with E-state index < -0.39 is 0 Å². The molecule has 1 aliphatic heterocycles. The minimum Gasteiger partial charge on any atom is -0.364 e. The van der Waals surface area contributed by atoms with E-state index in [2.05, 4.69) is 0 Å². The average Bonchev–Trinajstić information content (AvgIpc) is 2.61. The number of hydrogen-bond acceptors (Lipinski definition) is 3. The van der Waals surface area contributed by atoms with Crippen LogP contribution in [0.1, 0.15) is 12.8 Å². The summed E-state index contributed by atoms with van der Waals surface area (Å²) in [6.07, 6.45) is 4.97. The van der Waals surface area contributed by atoms with E-state index in [1.807, 2.05) is 25.1 Å². The highest BCUT2D eigenvalue weighted by molar-refractivity contribution is 5.86. The van der Waals surface area contributed by atoms with Gasteiger partial charge < -0.3 is 10.6 Å². The maximum absolute atomic E-state index is 12.1. The second-order valence-electron chi connectivity index (χ2n) is 5.05. The largest absolute Gasteiger partial charge is 0.364 e. The lowest BCUT2D eigenvalue weighted by atomic mass is 10.2. The van der Waals surface area contributed by atoms with Crippen LogP contribution < -0.4 is 5.73 Å². The summed E-state index contributed by atoms with van der Waals surface area (Å²) in [6, 6.07) is -0.369. The first-order valence-corrected chi connectivity index (χ1v) is 5.88. The van der Waals surface area contributed by atoms with Crippen LogP contribution in [0.25, 0.3) is 0 Å². The molecule has 0 aliphatic carbocycles. The van der Waals surface area contributed by atoms with E-state index in [0.29, 0.717) is 19.5 Å². The highest BCUT2D eigenvalue weighted by Gasteiger charge is 2.46. The van der Waals surface area contributed by atoms with Gasteiger partial charge in [-0.3, -0.25) is 4.79 Å². The minimum absolute atomic E-state index is 0.0341. The van der Waals surface area contributed by atoms with Crippen molar-refractivity contribution in [3.05, 3.63) is 12.2 Å². The summed E-state index contributed by atoms with van der Waals surface area (Å²) in [7, 11) is 5.67. The van der Waals surface area contributed by atoms with E-state index in [9.17, 15) is 9.59 Å². The number of carbonyl (C=O) groups excluding carboxylic acids is 2. The van der Waals surface area contributed by atoms with Gasteiger partial charge in [-0.2, -0.15) is 0 Å². The van der Waals surface area contributed by atoms with Crippen molar-refractivity contribution in [3.8, 4) is 0 Å². The molecule has 0 saturated carbocycles. The van der Waals surface area contributed by atoms with Crippen molar-refractivity contribution in [2.24, 2.45) is 5.73 Å². The van der Waals surface area contributed by atoms with Crippen molar-refractivity contribution in [2.75, 3.05) is 34.2 Å². The molecule has 1 heterocycles. The van der Waals surface area contributed by atoms with Crippen molar-refractivity contribution >= 4 is 11.8 Å². The summed E-state index contributed by atoms with van der Waals surface area (Å²) in [5.41, 5.74) is 5.35. The van der Waals surface area contributed by atoms with Crippen LogP contribution in [-0.2, 0) is 9.59 Å². The normalized spacial score (nSPS) is 29.1. The van der Waals surface area contributed by atoms with Crippen molar-refractivity contribution < 1.29 is 14.1 Å². The van der Waals surface area contributed by atoms with Crippen LogP contribution in [0.2, 0.25) is 0 Å². The Bertz CT molecular complexity index is 339. The Morgan fingerprint density at radius 2 is 2.12 bits per heavy atom. The Labute approximate surface area is 102 Å². The molecule has 5 nitrogen and oxygen atoms in total. The predicted molar refractivity (Wildman–Crippen MR) is 66.0 cm³/mol. The van der Waals surface area contributed by atoms with Gasteiger partial charge in [0.05, 0.1) is 13.6 Å². The van der Waals surface area contributed by atoms with Crippen LogP contribution in [0.4, 0.5) is 0 Å². The summed E-state index contributed by atoms with van der Waals surface area (Å²) >= 11 is 0. The standard InChI is InChI=1S/C12H21N3O2/c1-14(2)8-4-7-11(16)15(3)9-5-6-10(15)12(13)17/h4,7,10H,5-6,8-9H2,1-3H3,(H-,13,17)/p+1/b7-4+. The summed E-state index contributed by atoms with van der Waals surface area (Å²) < 4.78 is 0.124. The first-order chi connectivity index (χ1) is 7.88. The first-order valence-electron chi connectivity index (χ1n) is 5.88. The van der Waals surface area contributed by atoms with Crippen LogP contribution in [0, 0.1) is 0 Å². The average molecular weight is 240 g/mol. The molecule has 0 aromatic heterocycles. The Balaban J connectivity index is 2.72. The Kier molecular flexibility index (Phi) is 4.42. The maximum atomic E-state index is 12.1. The van der Waals surface area contributed by atoms with E-state index >= 15 is 0 Å². The Morgan fingerprint density at radius 1 is 1.47 bits per heavy atom. The van der Waals surface area contributed by atoms with Gasteiger partial charge >= 0.3 is 5.91 Å². The number of likely N-dealkylation sites (N-methyl/N-ethyl adjacent to an activating group) is 2. The smallest absolute Gasteiger partial charge is 0.338 e. The van der Waals surface area contributed by atoms with Gasteiger partial charge in [0, 0.05) is 25.5 Å². The van der Waals surface area contributed by atoms with Gasteiger partial charge in [-0.25, -0.2) is 9.28 Å². The molecule has 0 aromatic rings. The fourth-order valence-electron chi connectivity index (χ4n) is 2.28. The van der Waals surface area contributed by atoms with E-state index in [1.54, 1.807) is 13.1 Å². The molecular formula is C12H22N3O2+. The summed E-state index contributed by atoms with van der Waals surface area (Å²) in [6.45, 7) is 1.41.